The number of rotatable bonds is 3. The molecule has 0 amide bonds. The number of carbonyl (C=O) groups excluding carboxylic acids is 1. The van der Waals surface area contributed by atoms with E-state index < -0.39 is 0 Å². The van der Waals surface area contributed by atoms with Gasteiger partial charge in [-0.1, -0.05) is 15.9 Å². The summed E-state index contributed by atoms with van der Waals surface area (Å²) < 4.78 is 9.08. The van der Waals surface area contributed by atoms with Crippen LogP contribution in [0, 0.1) is 0 Å². The molecule has 0 radical (unpaired) electrons. The Kier molecular flexibility index (Phi) is 4.71. The summed E-state index contributed by atoms with van der Waals surface area (Å²) in [5.74, 6) is -0.308. The van der Waals surface area contributed by atoms with E-state index in [0.29, 0.717) is 6.61 Å². The van der Waals surface area contributed by atoms with Crippen molar-refractivity contribution in [1.82, 2.24) is 0 Å². The molecule has 0 aliphatic heterocycles. The van der Waals surface area contributed by atoms with Crippen molar-refractivity contribution < 1.29 is 14.3 Å². The molecule has 3 nitrogen and oxygen atoms in total. The third kappa shape index (κ3) is 3.48. The molecular formula is C5H9BrO3. The van der Waals surface area contributed by atoms with Crippen LogP contribution in [-0.2, 0) is 14.3 Å². The molecule has 0 rings (SSSR count). The van der Waals surface area contributed by atoms with Gasteiger partial charge >= 0.3 is 5.97 Å². The van der Waals surface area contributed by atoms with Gasteiger partial charge in [-0.3, -0.25) is 4.79 Å². The molecule has 0 spiro atoms. The van der Waals surface area contributed by atoms with Crippen molar-refractivity contribution in [2.75, 3.05) is 20.8 Å². The second kappa shape index (κ2) is 4.76. The zero-order valence-corrected chi connectivity index (χ0v) is 6.97. The number of hydrogen-bond acceptors (Lipinski definition) is 3. The smallest absolute Gasteiger partial charge is 0.321 e. The van der Waals surface area contributed by atoms with E-state index in [4.69, 9.17) is 0 Å². The average molecular weight is 197 g/mol. The summed E-state index contributed by atoms with van der Waals surface area (Å²) in [6.07, 6.45) is 0. The van der Waals surface area contributed by atoms with Crippen molar-refractivity contribution in [2.24, 2.45) is 0 Å². The predicted octanol–water partition coefficient (Wildman–Crippen LogP) is 0.569. The maximum absolute atomic E-state index is 10.6. The Hall–Kier alpha value is -0.0900. The molecule has 0 aromatic rings. The van der Waals surface area contributed by atoms with Crippen molar-refractivity contribution in [1.29, 1.82) is 0 Å². The monoisotopic (exact) mass is 196 g/mol. The Balaban J connectivity index is 3.45. The number of carbonyl (C=O) groups is 1. The Bertz CT molecular complexity index is 94.2. The summed E-state index contributed by atoms with van der Waals surface area (Å²) in [5.41, 5.74) is 0. The van der Waals surface area contributed by atoms with Gasteiger partial charge in [-0.25, -0.2) is 0 Å². The van der Waals surface area contributed by atoms with E-state index in [1.165, 1.54) is 14.2 Å². The lowest BCUT2D eigenvalue weighted by Gasteiger charge is -2.03. The van der Waals surface area contributed by atoms with Gasteiger partial charge < -0.3 is 9.47 Å². The summed E-state index contributed by atoms with van der Waals surface area (Å²) in [7, 11) is 2.86. The Morgan fingerprint density at radius 3 is 2.56 bits per heavy atom. The van der Waals surface area contributed by atoms with Gasteiger partial charge in [0.25, 0.3) is 0 Å². The van der Waals surface area contributed by atoms with E-state index in [2.05, 4.69) is 25.4 Å². The zero-order chi connectivity index (χ0) is 7.28. The van der Waals surface area contributed by atoms with Crippen LogP contribution in [0.5, 0.6) is 0 Å². The zero-order valence-electron chi connectivity index (χ0n) is 5.39. The molecule has 0 aromatic carbocycles. The SMILES string of the molecule is COC[C@H](Br)C(=O)OC. The first kappa shape index (κ1) is 8.91. The van der Waals surface area contributed by atoms with E-state index in [-0.39, 0.29) is 10.8 Å². The van der Waals surface area contributed by atoms with Crippen LogP contribution in [-0.4, -0.2) is 31.6 Å². The van der Waals surface area contributed by atoms with Gasteiger partial charge in [-0.05, 0) is 0 Å². The molecule has 0 aromatic heterocycles. The lowest BCUT2D eigenvalue weighted by Crippen LogP contribution is -2.20. The van der Waals surface area contributed by atoms with Crippen LogP contribution in [0.4, 0.5) is 0 Å². The van der Waals surface area contributed by atoms with Crippen molar-refractivity contribution in [3.63, 3.8) is 0 Å². The minimum atomic E-state index is -0.340. The standard InChI is InChI=1S/C5H9BrO3/c1-8-3-4(6)5(7)9-2/h4H,3H2,1-2H3/t4-/m0/s1. The fourth-order valence-corrected chi connectivity index (χ4v) is 0.793. The lowest BCUT2D eigenvalue weighted by atomic mass is 10.5. The molecule has 1 atom stereocenters. The Labute approximate surface area is 62.5 Å². The summed E-state index contributed by atoms with van der Waals surface area (Å²) in [5, 5.41) is 0. The van der Waals surface area contributed by atoms with Crippen LogP contribution in [0.3, 0.4) is 0 Å². The van der Waals surface area contributed by atoms with E-state index in [1.807, 2.05) is 0 Å². The second-order valence-electron chi connectivity index (χ2n) is 1.45. The first-order valence-electron chi connectivity index (χ1n) is 2.43. The number of hydrogen-bond donors (Lipinski definition) is 0. The molecule has 0 aliphatic carbocycles. The normalized spacial score (nSPS) is 12.8. The van der Waals surface area contributed by atoms with Crippen LogP contribution in [0.25, 0.3) is 0 Å². The molecule has 0 fully saturated rings. The topological polar surface area (TPSA) is 35.5 Å². The molecule has 0 N–H and O–H groups in total. The highest BCUT2D eigenvalue weighted by Gasteiger charge is 2.13. The van der Waals surface area contributed by atoms with Crippen molar-refractivity contribution in [2.45, 2.75) is 4.83 Å². The van der Waals surface area contributed by atoms with Gasteiger partial charge in [0.2, 0.25) is 0 Å². The van der Waals surface area contributed by atoms with Gasteiger partial charge in [0.15, 0.2) is 0 Å². The number of ether oxygens (including phenoxy) is 2. The highest BCUT2D eigenvalue weighted by Crippen LogP contribution is 2.00. The number of esters is 1. The molecule has 9 heavy (non-hydrogen) atoms. The van der Waals surface area contributed by atoms with E-state index in [0.717, 1.165) is 0 Å². The van der Waals surface area contributed by atoms with Crippen LogP contribution in [0.15, 0.2) is 0 Å². The quantitative estimate of drug-likeness (QED) is 0.490. The summed E-state index contributed by atoms with van der Waals surface area (Å²) in [6.45, 7) is 0.340. The second-order valence-corrected chi connectivity index (χ2v) is 2.55. The minimum absolute atomic E-state index is 0.308. The number of alkyl halides is 1. The maximum Gasteiger partial charge on any atom is 0.321 e. The molecule has 0 saturated carbocycles. The summed E-state index contributed by atoms with van der Waals surface area (Å²) >= 11 is 3.06. The largest absolute Gasteiger partial charge is 0.468 e. The van der Waals surface area contributed by atoms with Crippen LogP contribution >= 0.6 is 15.9 Å². The maximum atomic E-state index is 10.6. The molecule has 4 heteroatoms. The summed E-state index contributed by atoms with van der Waals surface area (Å²) in [6, 6.07) is 0. The first-order valence-corrected chi connectivity index (χ1v) is 3.34. The van der Waals surface area contributed by atoms with Gasteiger partial charge in [-0.2, -0.15) is 0 Å². The van der Waals surface area contributed by atoms with Crippen LogP contribution in [0.1, 0.15) is 0 Å². The highest BCUT2D eigenvalue weighted by molar-refractivity contribution is 9.10. The Morgan fingerprint density at radius 2 is 2.22 bits per heavy atom. The predicted molar refractivity (Wildman–Crippen MR) is 36.6 cm³/mol. The van der Waals surface area contributed by atoms with Gasteiger partial charge in [0.05, 0.1) is 13.7 Å². The van der Waals surface area contributed by atoms with Gasteiger partial charge in [0.1, 0.15) is 4.83 Å². The molecule has 54 valence electrons. The van der Waals surface area contributed by atoms with Gasteiger partial charge in [-0.15, -0.1) is 0 Å². The summed E-state index contributed by atoms with van der Waals surface area (Å²) in [4.78, 5) is 10.2. The molecule has 0 saturated heterocycles. The average Bonchev–Trinajstić information content (AvgIpc) is 1.87. The minimum Gasteiger partial charge on any atom is -0.468 e. The first-order chi connectivity index (χ1) is 4.22. The van der Waals surface area contributed by atoms with Gasteiger partial charge in [0, 0.05) is 7.11 Å². The van der Waals surface area contributed by atoms with E-state index in [9.17, 15) is 4.79 Å². The Morgan fingerprint density at radius 1 is 1.67 bits per heavy atom. The molecule has 0 heterocycles. The van der Waals surface area contributed by atoms with E-state index >= 15 is 0 Å². The molecule has 0 bridgehead atoms. The molecular weight excluding hydrogens is 188 g/mol. The third-order valence-corrected chi connectivity index (χ3v) is 1.41. The lowest BCUT2D eigenvalue weighted by molar-refractivity contribution is -0.140. The van der Waals surface area contributed by atoms with Crippen molar-refractivity contribution in [3.05, 3.63) is 0 Å². The van der Waals surface area contributed by atoms with Crippen LogP contribution in [0.2, 0.25) is 0 Å². The third-order valence-electron chi connectivity index (χ3n) is 0.770. The molecule has 0 unspecified atom stereocenters. The van der Waals surface area contributed by atoms with Crippen LogP contribution < -0.4 is 0 Å². The highest BCUT2D eigenvalue weighted by atomic mass is 79.9. The van der Waals surface area contributed by atoms with Crippen molar-refractivity contribution >= 4 is 21.9 Å². The van der Waals surface area contributed by atoms with E-state index in [1.54, 1.807) is 0 Å². The number of halogens is 1. The molecule has 0 aliphatic rings. The van der Waals surface area contributed by atoms with Crippen molar-refractivity contribution in [3.8, 4) is 0 Å². The number of methoxy groups -OCH3 is 2. The fourth-order valence-electron chi connectivity index (χ4n) is 0.342. The fraction of sp³-hybridized carbons (Fsp3) is 0.800.